The van der Waals surface area contributed by atoms with Gasteiger partial charge in [-0.25, -0.2) is 0 Å². The van der Waals surface area contributed by atoms with Crippen LogP contribution in [0.1, 0.15) is 77.6 Å². The Balaban J connectivity index is 2.99. The predicted octanol–water partition coefficient (Wildman–Crippen LogP) is 4.80. The van der Waals surface area contributed by atoms with Crippen molar-refractivity contribution in [1.82, 2.24) is 0 Å². The van der Waals surface area contributed by atoms with Gasteiger partial charge in [-0.15, -0.1) is 25.3 Å². The lowest BCUT2D eigenvalue weighted by Crippen LogP contribution is -2.10. The van der Waals surface area contributed by atoms with Crippen molar-refractivity contribution in [2.24, 2.45) is 0 Å². The van der Waals surface area contributed by atoms with E-state index in [9.17, 15) is 5.11 Å². The van der Waals surface area contributed by atoms with Gasteiger partial charge in [0.2, 0.25) is 0 Å². The molecule has 0 aromatic rings. The molecule has 98 valence electrons. The number of aliphatic hydroxyl groups is 1. The summed E-state index contributed by atoms with van der Waals surface area (Å²) >= 11 is 7.93. The van der Waals surface area contributed by atoms with Gasteiger partial charge in [-0.2, -0.15) is 0 Å². The molecule has 0 radical (unpaired) electrons. The second-order valence-electron chi connectivity index (χ2n) is 4.71. The zero-order valence-electron chi connectivity index (χ0n) is 10.6. The first-order valence-electron chi connectivity index (χ1n) is 6.73. The second kappa shape index (κ2) is 10.8. The summed E-state index contributed by atoms with van der Waals surface area (Å²) in [5.74, 6) is 0. The van der Waals surface area contributed by atoms with E-state index < -0.39 is 4.27 Å². The van der Waals surface area contributed by atoms with Crippen molar-refractivity contribution in [3.8, 4) is 0 Å². The molecular formula is C13H28OS2. The van der Waals surface area contributed by atoms with Crippen LogP contribution in [-0.2, 0) is 0 Å². The predicted molar refractivity (Wildman–Crippen MR) is 79.4 cm³/mol. The van der Waals surface area contributed by atoms with Crippen LogP contribution in [0.25, 0.3) is 0 Å². The minimum atomic E-state index is -1.07. The van der Waals surface area contributed by atoms with Crippen molar-refractivity contribution in [2.45, 2.75) is 81.8 Å². The SMILES string of the molecule is CCCCCCCCCCCCC(O)(S)S. The van der Waals surface area contributed by atoms with Crippen LogP contribution in [0.2, 0.25) is 0 Å². The van der Waals surface area contributed by atoms with Gasteiger partial charge in [-0.05, 0) is 12.8 Å². The minimum absolute atomic E-state index is 0.676. The Kier molecular flexibility index (Phi) is 11.2. The lowest BCUT2D eigenvalue weighted by atomic mass is 10.1. The first-order chi connectivity index (χ1) is 7.56. The smallest absolute Gasteiger partial charge is 0.151 e. The maximum absolute atomic E-state index is 9.27. The summed E-state index contributed by atoms with van der Waals surface area (Å²) in [5, 5.41) is 9.27. The Morgan fingerprint density at radius 2 is 1.12 bits per heavy atom. The van der Waals surface area contributed by atoms with E-state index in [1.54, 1.807) is 0 Å². The van der Waals surface area contributed by atoms with Gasteiger partial charge >= 0.3 is 0 Å². The van der Waals surface area contributed by atoms with Gasteiger partial charge in [0.05, 0.1) is 0 Å². The van der Waals surface area contributed by atoms with Crippen LogP contribution in [0, 0.1) is 0 Å². The van der Waals surface area contributed by atoms with E-state index in [1.807, 2.05) is 0 Å². The summed E-state index contributed by atoms with van der Waals surface area (Å²) in [6.07, 6.45) is 13.8. The summed E-state index contributed by atoms with van der Waals surface area (Å²) in [4.78, 5) is 0. The van der Waals surface area contributed by atoms with Gasteiger partial charge in [0, 0.05) is 0 Å². The fraction of sp³-hybridized carbons (Fsp3) is 1.00. The molecule has 0 bridgehead atoms. The number of hydrogen-bond acceptors (Lipinski definition) is 3. The first kappa shape index (κ1) is 16.7. The maximum atomic E-state index is 9.27. The molecule has 0 aliphatic heterocycles. The van der Waals surface area contributed by atoms with Gasteiger partial charge < -0.3 is 5.11 Å². The lowest BCUT2D eigenvalue weighted by molar-refractivity contribution is 0.219. The third-order valence-electron chi connectivity index (χ3n) is 2.87. The summed E-state index contributed by atoms with van der Waals surface area (Å²) < 4.78 is -1.07. The van der Waals surface area contributed by atoms with Gasteiger partial charge in [0.1, 0.15) is 0 Å². The molecule has 0 atom stereocenters. The largest absolute Gasteiger partial charge is 0.371 e. The quantitative estimate of drug-likeness (QED) is 0.278. The Bertz CT molecular complexity index is 143. The Hall–Kier alpha value is 0.660. The average molecular weight is 264 g/mol. The molecule has 0 saturated heterocycles. The molecule has 0 aliphatic carbocycles. The van der Waals surface area contributed by atoms with Crippen LogP contribution in [0.15, 0.2) is 0 Å². The van der Waals surface area contributed by atoms with Crippen molar-refractivity contribution in [1.29, 1.82) is 0 Å². The Morgan fingerprint density at radius 1 is 0.750 bits per heavy atom. The maximum Gasteiger partial charge on any atom is 0.151 e. The first-order valence-corrected chi connectivity index (χ1v) is 7.63. The molecule has 16 heavy (non-hydrogen) atoms. The van der Waals surface area contributed by atoms with Crippen LogP contribution < -0.4 is 0 Å². The van der Waals surface area contributed by atoms with Crippen LogP contribution in [-0.4, -0.2) is 9.37 Å². The van der Waals surface area contributed by atoms with E-state index in [2.05, 4.69) is 32.2 Å². The average Bonchev–Trinajstić information content (AvgIpc) is 2.19. The molecule has 1 nitrogen and oxygen atoms in total. The highest BCUT2D eigenvalue weighted by Gasteiger charge is 2.13. The standard InChI is InChI=1S/C13H28OS2/c1-2-3-4-5-6-7-8-9-10-11-12-13(14,15)16/h14-16H,2-12H2,1H3. The van der Waals surface area contributed by atoms with Crippen LogP contribution in [0.4, 0.5) is 0 Å². The van der Waals surface area contributed by atoms with E-state index in [-0.39, 0.29) is 0 Å². The van der Waals surface area contributed by atoms with E-state index in [4.69, 9.17) is 0 Å². The zero-order valence-corrected chi connectivity index (χ0v) is 12.4. The van der Waals surface area contributed by atoms with Crippen LogP contribution in [0.3, 0.4) is 0 Å². The monoisotopic (exact) mass is 264 g/mol. The Morgan fingerprint density at radius 3 is 1.50 bits per heavy atom. The van der Waals surface area contributed by atoms with E-state index in [0.717, 1.165) is 6.42 Å². The van der Waals surface area contributed by atoms with Crippen molar-refractivity contribution in [2.75, 3.05) is 0 Å². The molecule has 0 aromatic heterocycles. The molecule has 0 amide bonds. The van der Waals surface area contributed by atoms with Gasteiger partial charge in [0.15, 0.2) is 4.27 Å². The van der Waals surface area contributed by atoms with Crippen molar-refractivity contribution in [3.05, 3.63) is 0 Å². The van der Waals surface area contributed by atoms with Gasteiger partial charge in [-0.3, -0.25) is 0 Å². The third kappa shape index (κ3) is 14.7. The summed E-state index contributed by atoms with van der Waals surface area (Å²) in [6.45, 7) is 2.25. The fourth-order valence-corrected chi connectivity index (χ4v) is 2.17. The Labute approximate surface area is 112 Å². The molecule has 1 N–H and O–H groups in total. The van der Waals surface area contributed by atoms with Gasteiger partial charge in [-0.1, -0.05) is 64.7 Å². The number of unbranched alkanes of at least 4 members (excludes halogenated alkanes) is 9. The third-order valence-corrected chi connectivity index (χ3v) is 3.31. The number of rotatable bonds is 11. The zero-order chi connectivity index (χ0) is 12.3. The highest BCUT2D eigenvalue weighted by molar-refractivity contribution is 8.00. The van der Waals surface area contributed by atoms with Crippen molar-refractivity contribution < 1.29 is 5.11 Å². The molecular weight excluding hydrogens is 236 g/mol. The molecule has 3 heteroatoms. The molecule has 0 aliphatic rings. The molecule has 0 unspecified atom stereocenters. The number of hydrogen-bond donors (Lipinski definition) is 3. The minimum Gasteiger partial charge on any atom is -0.371 e. The van der Waals surface area contributed by atoms with E-state index in [1.165, 1.54) is 57.8 Å². The lowest BCUT2D eigenvalue weighted by Gasteiger charge is -2.13. The summed E-state index contributed by atoms with van der Waals surface area (Å²) in [7, 11) is 0. The highest BCUT2D eigenvalue weighted by Crippen LogP contribution is 2.23. The van der Waals surface area contributed by atoms with Crippen LogP contribution >= 0.6 is 25.3 Å². The molecule has 0 rings (SSSR count). The highest BCUT2D eigenvalue weighted by atomic mass is 32.2. The molecule has 0 fully saturated rings. The fourth-order valence-electron chi connectivity index (χ4n) is 1.85. The van der Waals surface area contributed by atoms with E-state index in [0.29, 0.717) is 6.42 Å². The molecule has 0 heterocycles. The second-order valence-corrected chi connectivity index (χ2v) is 6.54. The topological polar surface area (TPSA) is 20.2 Å². The molecule has 0 spiro atoms. The normalized spacial score (nSPS) is 12.0. The van der Waals surface area contributed by atoms with E-state index >= 15 is 0 Å². The van der Waals surface area contributed by atoms with Gasteiger partial charge in [0.25, 0.3) is 0 Å². The van der Waals surface area contributed by atoms with Crippen molar-refractivity contribution in [3.63, 3.8) is 0 Å². The summed E-state index contributed by atoms with van der Waals surface area (Å²) in [5.41, 5.74) is 0. The van der Waals surface area contributed by atoms with Crippen LogP contribution in [0.5, 0.6) is 0 Å². The molecule has 0 aromatic carbocycles. The summed E-state index contributed by atoms with van der Waals surface area (Å²) in [6, 6.07) is 0. The number of thiol groups is 2. The molecule has 0 saturated carbocycles. The van der Waals surface area contributed by atoms with Crippen molar-refractivity contribution >= 4 is 25.3 Å².